The Kier molecular flexibility index (Phi) is 5.46. The number of benzene rings is 2. The number of halogens is 1. The number of nitrogens with one attached hydrogen (secondary N) is 2. The van der Waals surface area contributed by atoms with Crippen LogP contribution in [0, 0.1) is 0 Å². The standard InChI is InChI=1S/C24H25BrN4O/c1-16-22(19-15-17(25)9-10-21(19)26-16)24-23(18-7-3-4-8-20(18)27-24)28-30-14-13-29-11-5-2-6-12-29/h3-4,7-10,15,27-28H,1-2,5-6,11-14H2. The summed E-state index contributed by atoms with van der Waals surface area (Å²) in [4.78, 5) is 16.6. The second kappa shape index (κ2) is 8.38. The molecule has 154 valence electrons. The molecule has 2 aliphatic rings. The van der Waals surface area contributed by atoms with Gasteiger partial charge in [-0.25, -0.2) is 4.99 Å². The smallest absolute Gasteiger partial charge is 0.0939 e. The van der Waals surface area contributed by atoms with Crippen LogP contribution in [0.2, 0.25) is 0 Å². The summed E-state index contributed by atoms with van der Waals surface area (Å²) in [5, 5.41) is 3.10. The van der Waals surface area contributed by atoms with Gasteiger partial charge in [0.15, 0.2) is 0 Å². The number of aromatic nitrogens is 1. The van der Waals surface area contributed by atoms with Gasteiger partial charge in [-0.1, -0.05) is 47.1 Å². The predicted octanol–water partition coefficient (Wildman–Crippen LogP) is 4.11. The Balaban J connectivity index is 1.48. The Hall–Kier alpha value is -2.41. The van der Waals surface area contributed by atoms with Crippen LogP contribution in [0.5, 0.6) is 0 Å². The lowest BCUT2D eigenvalue weighted by Crippen LogP contribution is -2.33. The molecule has 0 saturated carbocycles. The van der Waals surface area contributed by atoms with Crippen LogP contribution in [0.1, 0.15) is 25.0 Å². The summed E-state index contributed by atoms with van der Waals surface area (Å²) in [6.07, 6.45) is 3.93. The Morgan fingerprint density at radius 2 is 1.97 bits per heavy atom. The van der Waals surface area contributed by atoms with Crippen molar-refractivity contribution in [2.45, 2.75) is 19.3 Å². The quantitative estimate of drug-likeness (QED) is 0.426. The van der Waals surface area contributed by atoms with Gasteiger partial charge in [-0.3, -0.25) is 10.3 Å². The molecule has 2 N–H and O–H groups in total. The molecule has 2 aliphatic heterocycles. The van der Waals surface area contributed by atoms with E-state index in [4.69, 9.17) is 4.84 Å². The normalized spacial score (nSPS) is 16.7. The average molecular weight is 465 g/mol. The predicted molar refractivity (Wildman–Crippen MR) is 125 cm³/mol. The highest BCUT2D eigenvalue weighted by Gasteiger charge is 2.21. The molecule has 0 bridgehead atoms. The van der Waals surface area contributed by atoms with Crippen LogP contribution in [0.25, 0.3) is 16.5 Å². The number of nitrogens with zero attached hydrogens (tertiary/aromatic N) is 2. The molecule has 0 unspecified atom stereocenters. The van der Waals surface area contributed by atoms with E-state index in [-0.39, 0.29) is 0 Å². The van der Waals surface area contributed by atoms with Crippen LogP contribution >= 0.6 is 15.9 Å². The van der Waals surface area contributed by atoms with Gasteiger partial charge >= 0.3 is 0 Å². The number of anilines is 1. The summed E-state index contributed by atoms with van der Waals surface area (Å²) < 4.78 is 1.02. The van der Waals surface area contributed by atoms with Crippen LogP contribution in [0.3, 0.4) is 0 Å². The highest BCUT2D eigenvalue weighted by atomic mass is 79.9. The van der Waals surface area contributed by atoms with Gasteiger partial charge in [-0.2, -0.15) is 0 Å². The monoisotopic (exact) mass is 464 g/mol. The molecule has 1 aromatic heterocycles. The Labute approximate surface area is 184 Å². The molecule has 0 amide bonds. The van der Waals surface area contributed by atoms with Crippen molar-refractivity contribution in [2.24, 2.45) is 4.99 Å². The SMILES string of the molecule is C=C1N=c2ccc(Br)cc2=C1c1[nH]c2ccccc2c1NOCCN1CCCCC1. The number of piperidine rings is 1. The van der Waals surface area contributed by atoms with Crippen molar-refractivity contribution in [1.82, 2.24) is 9.88 Å². The Morgan fingerprint density at radius 3 is 2.83 bits per heavy atom. The van der Waals surface area contributed by atoms with E-state index in [0.29, 0.717) is 6.61 Å². The zero-order chi connectivity index (χ0) is 20.5. The molecule has 30 heavy (non-hydrogen) atoms. The van der Waals surface area contributed by atoms with E-state index in [1.165, 1.54) is 32.4 Å². The number of para-hydroxylation sites is 1. The number of fused-ring (bicyclic) bond motifs is 2. The first-order valence-electron chi connectivity index (χ1n) is 10.5. The van der Waals surface area contributed by atoms with Gasteiger partial charge in [0.05, 0.1) is 29.0 Å². The largest absolute Gasteiger partial charge is 0.353 e. The van der Waals surface area contributed by atoms with Gasteiger partial charge in [-0.15, -0.1) is 0 Å². The highest BCUT2D eigenvalue weighted by Crippen LogP contribution is 2.34. The van der Waals surface area contributed by atoms with E-state index < -0.39 is 0 Å². The van der Waals surface area contributed by atoms with E-state index in [2.05, 4.69) is 61.1 Å². The summed E-state index contributed by atoms with van der Waals surface area (Å²) in [6.45, 7) is 8.14. The summed E-state index contributed by atoms with van der Waals surface area (Å²) in [5.74, 6) is 0. The molecular formula is C24H25BrN4O. The van der Waals surface area contributed by atoms with Gasteiger partial charge in [0.1, 0.15) is 0 Å². The van der Waals surface area contributed by atoms with Crippen molar-refractivity contribution in [3.63, 3.8) is 0 Å². The Morgan fingerprint density at radius 1 is 1.13 bits per heavy atom. The average Bonchev–Trinajstić information content (AvgIpc) is 3.28. The van der Waals surface area contributed by atoms with Crippen molar-refractivity contribution >= 4 is 38.1 Å². The third-order valence-electron chi connectivity index (χ3n) is 5.86. The lowest BCUT2D eigenvalue weighted by Gasteiger charge is -2.26. The highest BCUT2D eigenvalue weighted by molar-refractivity contribution is 9.10. The van der Waals surface area contributed by atoms with E-state index in [1.54, 1.807) is 0 Å². The molecule has 0 atom stereocenters. The fourth-order valence-electron chi connectivity index (χ4n) is 4.36. The number of allylic oxidation sites excluding steroid dienone is 1. The maximum absolute atomic E-state index is 5.94. The fraction of sp³-hybridized carbons (Fsp3) is 0.292. The van der Waals surface area contributed by atoms with Crippen molar-refractivity contribution < 1.29 is 4.84 Å². The molecular weight excluding hydrogens is 440 g/mol. The maximum atomic E-state index is 5.94. The number of likely N-dealkylation sites (tertiary alicyclic amines) is 1. The van der Waals surface area contributed by atoms with Crippen molar-refractivity contribution in [3.05, 3.63) is 75.5 Å². The topological polar surface area (TPSA) is 52.6 Å². The van der Waals surface area contributed by atoms with Crippen LogP contribution in [-0.4, -0.2) is 36.1 Å². The first kappa shape index (κ1) is 19.5. The van der Waals surface area contributed by atoms with Crippen LogP contribution < -0.4 is 16.1 Å². The molecule has 1 saturated heterocycles. The van der Waals surface area contributed by atoms with Crippen molar-refractivity contribution in [1.29, 1.82) is 0 Å². The summed E-state index contributed by atoms with van der Waals surface area (Å²) in [7, 11) is 0. The number of H-pyrrole nitrogens is 1. The lowest BCUT2D eigenvalue weighted by molar-refractivity contribution is 0.133. The van der Waals surface area contributed by atoms with Crippen LogP contribution in [-0.2, 0) is 4.84 Å². The van der Waals surface area contributed by atoms with Gasteiger partial charge in [-0.05, 0) is 50.2 Å². The molecule has 1 fully saturated rings. The summed E-state index contributed by atoms with van der Waals surface area (Å²) >= 11 is 3.59. The molecule has 0 aliphatic carbocycles. The minimum atomic E-state index is 0.641. The van der Waals surface area contributed by atoms with Crippen molar-refractivity contribution in [2.75, 3.05) is 31.7 Å². The lowest BCUT2D eigenvalue weighted by atomic mass is 10.1. The van der Waals surface area contributed by atoms with E-state index in [9.17, 15) is 0 Å². The second-order valence-corrected chi connectivity index (χ2v) is 8.78. The first-order chi connectivity index (χ1) is 14.7. The van der Waals surface area contributed by atoms with E-state index in [1.807, 2.05) is 24.3 Å². The van der Waals surface area contributed by atoms with Gasteiger partial charge in [0.25, 0.3) is 0 Å². The third kappa shape index (κ3) is 3.71. The number of hydrogen-bond donors (Lipinski definition) is 2. The molecule has 0 spiro atoms. The maximum Gasteiger partial charge on any atom is 0.0939 e. The molecule has 6 heteroatoms. The zero-order valence-corrected chi connectivity index (χ0v) is 18.5. The number of aromatic amines is 1. The molecule has 0 radical (unpaired) electrons. The van der Waals surface area contributed by atoms with Crippen LogP contribution in [0.4, 0.5) is 5.69 Å². The molecule has 5 rings (SSSR count). The first-order valence-corrected chi connectivity index (χ1v) is 11.3. The molecule has 3 aromatic rings. The number of hydrogen-bond acceptors (Lipinski definition) is 4. The van der Waals surface area contributed by atoms with Gasteiger partial charge in [0.2, 0.25) is 0 Å². The zero-order valence-electron chi connectivity index (χ0n) is 16.9. The molecule has 3 heterocycles. The summed E-state index contributed by atoms with van der Waals surface area (Å²) in [5.41, 5.74) is 7.95. The van der Waals surface area contributed by atoms with Gasteiger partial charge < -0.3 is 9.88 Å². The second-order valence-electron chi connectivity index (χ2n) is 7.87. The van der Waals surface area contributed by atoms with E-state index in [0.717, 1.165) is 55.1 Å². The summed E-state index contributed by atoms with van der Waals surface area (Å²) in [6, 6.07) is 14.4. The van der Waals surface area contributed by atoms with E-state index >= 15 is 0 Å². The third-order valence-corrected chi connectivity index (χ3v) is 6.35. The molecule has 5 nitrogen and oxygen atoms in total. The van der Waals surface area contributed by atoms with Crippen molar-refractivity contribution in [3.8, 4) is 0 Å². The van der Waals surface area contributed by atoms with Gasteiger partial charge in [0, 0.05) is 32.7 Å². The fourth-order valence-corrected chi connectivity index (χ4v) is 4.72. The van der Waals surface area contributed by atoms with Crippen LogP contribution in [0.15, 0.2) is 64.2 Å². The number of rotatable bonds is 6. The minimum Gasteiger partial charge on any atom is -0.353 e. The Bertz CT molecular complexity index is 1220. The minimum absolute atomic E-state index is 0.641. The molecule has 2 aromatic carbocycles.